The van der Waals surface area contributed by atoms with Crippen molar-refractivity contribution in [3.05, 3.63) is 54.9 Å². The van der Waals surface area contributed by atoms with Crippen LogP contribution in [0.2, 0.25) is 0 Å². The number of ether oxygens (including phenoxy) is 1. The van der Waals surface area contributed by atoms with E-state index in [4.69, 9.17) is 4.74 Å². The fourth-order valence-electron chi connectivity index (χ4n) is 2.05. The van der Waals surface area contributed by atoms with Gasteiger partial charge in [0.05, 0.1) is 17.2 Å². The number of nitrogens with one attached hydrogen (secondary N) is 1. The molecule has 0 bridgehead atoms. The van der Waals surface area contributed by atoms with Gasteiger partial charge in [-0.25, -0.2) is 4.79 Å². The SMILES string of the molecule is CCOC(=O)/C=c1\[nH]c(=O)/c(=C\c2ccc(C(C)(C)C)cc2)s1. The minimum Gasteiger partial charge on any atom is -0.463 e. The molecule has 4 nitrogen and oxygen atoms in total. The number of carbonyl (C=O) groups is 1. The number of hydrogen-bond donors (Lipinski definition) is 1. The van der Waals surface area contributed by atoms with Crippen molar-refractivity contribution in [3.63, 3.8) is 0 Å². The largest absolute Gasteiger partial charge is 0.463 e. The van der Waals surface area contributed by atoms with E-state index in [1.54, 1.807) is 6.92 Å². The molecule has 0 aliphatic rings. The van der Waals surface area contributed by atoms with Crippen molar-refractivity contribution in [1.29, 1.82) is 0 Å². The number of esters is 1. The van der Waals surface area contributed by atoms with Crippen LogP contribution in [0, 0.1) is 0 Å². The van der Waals surface area contributed by atoms with E-state index in [2.05, 4.69) is 37.9 Å². The molecule has 23 heavy (non-hydrogen) atoms. The second-order valence-electron chi connectivity index (χ2n) is 6.20. The number of aromatic amines is 1. The molecule has 0 amide bonds. The van der Waals surface area contributed by atoms with Crippen molar-refractivity contribution < 1.29 is 9.53 Å². The molecule has 0 fully saturated rings. The molecule has 2 aromatic rings. The molecule has 1 aromatic heterocycles. The van der Waals surface area contributed by atoms with Crippen LogP contribution >= 0.6 is 11.3 Å². The molecule has 5 heteroatoms. The van der Waals surface area contributed by atoms with Crippen LogP contribution in [0.3, 0.4) is 0 Å². The molecule has 0 saturated heterocycles. The summed E-state index contributed by atoms with van der Waals surface area (Å²) in [5.74, 6) is -0.453. The highest BCUT2D eigenvalue weighted by Gasteiger charge is 2.12. The zero-order chi connectivity index (χ0) is 17.0. The Morgan fingerprint density at radius 3 is 2.48 bits per heavy atom. The first-order valence-corrected chi connectivity index (χ1v) is 8.31. The van der Waals surface area contributed by atoms with Crippen LogP contribution in [-0.2, 0) is 14.9 Å². The lowest BCUT2D eigenvalue weighted by Crippen LogP contribution is -2.20. The van der Waals surface area contributed by atoms with Crippen LogP contribution in [0.5, 0.6) is 0 Å². The van der Waals surface area contributed by atoms with E-state index in [0.29, 0.717) is 15.8 Å². The summed E-state index contributed by atoms with van der Waals surface area (Å²) in [5.41, 5.74) is 2.09. The maximum Gasteiger partial charge on any atom is 0.333 e. The normalized spacial score (nSPS) is 13.4. The number of benzene rings is 1. The van der Waals surface area contributed by atoms with Crippen LogP contribution < -0.4 is 14.8 Å². The minimum atomic E-state index is -0.453. The molecule has 2 rings (SSSR count). The predicted octanol–water partition coefficient (Wildman–Crippen LogP) is 1.91. The summed E-state index contributed by atoms with van der Waals surface area (Å²) in [6.07, 6.45) is 3.12. The summed E-state index contributed by atoms with van der Waals surface area (Å²) in [6.45, 7) is 8.53. The topological polar surface area (TPSA) is 59.2 Å². The zero-order valence-corrected chi connectivity index (χ0v) is 14.6. The number of thiazole rings is 1. The summed E-state index contributed by atoms with van der Waals surface area (Å²) in [7, 11) is 0. The average molecular weight is 331 g/mol. The average Bonchev–Trinajstić information content (AvgIpc) is 2.78. The second-order valence-corrected chi connectivity index (χ2v) is 7.28. The molecule has 0 atom stereocenters. The number of hydrogen-bond acceptors (Lipinski definition) is 4. The van der Waals surface area contributed by atoms with Gasteiger partial charge < -0.3 is 9.72 Å². The van der Waals surface area contributed by atoms with E-state index in [9.17, 15) is 9.59 Å². The van der Waals surface area contributed by atoms with Gasteiger partial charge in [-0.3, -0.25) is 4.79 Å². The third kappa shape index (κ3) is 4.66. The third-order valence-electron chi connectivity index (χ3n) is 3.29. The summed E-state index contributed by atoms with van der Waals surface area (Å²) in [4.78, 5) is 26.0. The van der Waals surface area contributed by atoms with Crippen LogP contribution in [0.25, 0.3) is 12.2 Å². The highest BCUT2D eigenvalue weighted by molar-refractivity contribution is 7.07. The lowest BCUT2D eigenvalue weighted by molar-refractivity contribution is -0.135. The standard InChI is InChI=1S/C18H21NO3S/c1-5-22-16(20)11-15-19-17(21)14(23-15)10-12-6-8-13(9-7-12)18(2,3)4/h6-11H,5H2,1-4H3,(H,19,21)/b14-10+,15-11+. The van der Waals surface area contributed by atoms with Gasteiger partial charge in [-0.05, 0) is 29.5 Å². The van der Waals surface area contributed by atoms with E-state index >= 15 is 0 Å². The molecular formula is C18H21NO3S. The Hall–Kier alpha value is -2.14. The smallest absolute Gasteiger partial charge is 0.333 e. The van der Waals surface area contributed by atoms with Crippen molar-refractivity contribution in [1.82, 2.24) is 4.98 Å². The first kappa shape index (κ1) is 17.2. The quantitative estimate of drug-likeness (QED) is 0.874. The molecule has 0 radical (unpaired) electrons. The molecule has 1 N–H and O–H groups in total. The maximum absolute atomic E-state index is 12.0. The molecule has 0 saturated carbocycles. The Balaban J connectivity index is 2.35. The number of aromatic nitrogens is 1. The van der Waals surface area contributed by atoms with Crippen LogP contribution in [0.15, 0.2) is 29.1 Å². The fourth-order valence-corrected chi connectivity index (χ4v) is 2.92. The minimum absolute atomic E-state index is 0.0979. The Morgan fingerprint density at radius 2 is 1.91 bits per heavy atom. The van der Waals surface area contributed by atoms with E-state index in [0.717, 1.165) is 5.56 Å². The van der Waals surface area contributed by atoms with Gasteiger partial charge >= 0.3 is 5.97 Å². The van der Waals surface area contributed by atoms with Crippen molar-refractivity contribution in [2.75, 3.05) is 6.61 Å². The summed E-state index contributed by atoms with van der Waals surface area (Å²) in [6, 6.07) is 8.13. The van der Waals surface area contributed by atoms with Crippen molar-refractivity contribution in [3.8, 4) is 0 Å². The number of rotatable bonds is 3. The van der Waals surface area contributed by atoms with Crippen LogP contribution in [0.4, 0.5) is 0 Å². The molecule has 0 spiro atoms. The maximum atomic E-state index is 12.0. The van der Waals surface area contributed by atoms with Gasteiger partial charge in [0.2, 0.25) is 0 Å². The zero-order valence-electron chi connectivity index (χ0n) is 13.8. The Bertz CT molecular complexity index is 851. The lowest BCUT2D eigenvalue weighted by atomic mass is 9.87. The monoisotopic (exact) mass is 331 g/mol. The Kier molecular flexibility index (Phi) is 5.21. The summed E-state index contributed by atoms with van der Waals surface area (Å²) < 4.78 is 5.89. The first-order valence-electron chi connectivity index (χ1n) is 7.49. The predicted molar refractivity (Wildman–Crippen MR) is 94.0 cm³/mol. The Morgan fingerprint density at radius 1 is 1.26 bits per heavy atom. The molecule has 0 aliphatic carbocycles. The van der Waals surface area contributed by atoms with Gasteiger partial charge in [-0.2, -0.15) is 0 Å². The van der Waals surface area contributed by atoms with Crippen molar-refractivity contribution >= 4 is 29.5 Å². The number of carbonyl (C=O) groups excluding carboxylic acids is 1. The van der Waals surface area contributed by atoms with Gasteiger partial charge in [0.15, 0.2) is 0 Å². The molecule has 0 unspecified atom stereocenters. The van der Waals surface area contributed by atoms with E-state index in [-0.39, 0.29) is 11.0 Å². The van der Waals surface area contributed by atoms with Gasteiger partial charge in [0.1, 0.15) is 4.66 Å². The molecular weight excluding hydrogens is 310 g/mol. The molecule has 122 valence electrons. The third-order valence-corrected chi connectivity index (χ3v) is 4.25. The summed E-state index contributed by atoms with van der Waals surface area (Å²) >= 11 is 1.24. The van der Waals surface area contributed by atoms with Gasteiger partial charge in [0, 0.05) is 0 Å². The number of H-pyrrole nitrogens is 1. The molecule has 0 aliphatic heterocycles. The van der Waals surface area contributed by atoms with E-state index < -0.39 is 5.97 Å². The van der Waals surface area contributed by atoms with E-state index in [1.165, 1.54) is 23.0 Å². The van der Waals surface area contributed by atoms with Gasteiger partial charge in [0.25, 0.3) is 5.56 Å². The van der Waals surface area contributed by atoms with Crippen molar-refractivity contribution in [2.45, 2.75) is 33.1 Å². The lowest BCUT2D eigenvalue weighted by Gasteiger charge is -2.18. The second kappa shape index (κ2) is 6.96. The van der Waals surface area contributed by atoms with Crippen molar-refractivity contribution in [2.24, 2.45) is 0 Å². The van der Waals surface area contributed by atoms with Crippen LogP contribution in [0.1, 0.15) is 38.8 Å². The highest BCUT2D eigenvalue weighted by Crippen LogP contribution is 2.22. The van der Waals surface area contributed by atoms with Gasteiger partial charge in [-0.1, -0.05) is 45.0 Å². The molecule has 1 aromatic carbocycles. The first-order chi connectivity index (χ1) is 10.8. The summed E-state index contributed by atoms with van der Waals surface area (Å²) in [5, 5.41) is 0. The highest BCUT2D eigenvalue weighted by atomic mass is 32.1. The Labute approximate surface area is 139 Å². The van der Waals surface area contributed by atoms with Gasteiger partial charge in [-0.15, -0.1) is 11.3 Å². The molecule has 1 heterocycles. The van der Waals surface area contributed by atoms with E-state index in [1.807, 2.05) is 18.2 Å². The van der Waals surface area contributed by atoms with Crippen LogP contribution in [-0.4, -0.2) is 17.6 Å². The fraction of sp³-hybridized carbons (Fsp3) is 0.333.